The number of esters is 1. The lowest BCUT2D eigenvalue weighted by Crippen LogP contribution is -2.26. The molecule has 5 nitrogen and oxygen atoms in total. The summed E-state index contributed by atoms with van der Waals surface area (Å²) in [6.45, 7) is 0.212. The number of hydrogen-bond donors (Lipinski definition) is 1. The van der Waals surface area contributed by atoms with E-state index in [2.05, 4.69) is 10.1 Å². The molecular weight excluding hydrogens is 234 g/mol. The van der Waals surface area contributed by atoms with E-state index in [1.165, 1.54) is 7.11 Å². The van der Waals surface area contributed by atoms with Crippen LogP contribution in [0.2, 0.25) is 0 Å². The minimum atomic E-state index is -0.561. The normalized spacial score (nSPS) is 9.61. The Morgan fingerprint density at radius 1 is 1.17 bits per heavy atom. The number of ketones is 1. The number of nitrogens with one attached hydrogen (secondary N) is 1. The van der Waals surface area contributed by atoms with Crippen molar-refractivity contribution in [3.8, 4) is 0 Å². The van der Waals surface area contributed by atoms with Crippen molar-refractivity contribution in [3.63, 3.8) is 0 Å². The molecule has 0 aliphatic heterocycles. The fraction of sp³-hybridized carbons (Fsp3) is 0.308. The molecule has 0 saturated carbocycles. The second-order valence-corrected chi connectivity index (χ2v) is 3.66. The molecule has 1 amide bonds. The molecule has 0 spiro atoms. The molecule has 96 valence electrons. The number of hydrogen-bond acceptors (Lipinski definition) is 4. The number of rotatable bonds is 6. The van der Waals surface area contributed by atoms with Gasteiger partial charge in [0.05, 0.1) is 7.11 Å². The Balaban J connectivity index is 2.28. The Bertz CT molecular complexity index is 428. The van der Waals surface area contributed by atoms with Crippen LogP contribution in [0.4, 0.5) is 0 Å². The van der Waals surface area contributed by atoms with E-state index in [9.17, 15) is 14.4 Å². The van der Waals surface area contributed by atoms with E-state index in [4.69, 9.17) is 0 Å². The van der Waals surface area contributed by atoms with Crippen LogP contribution in [0.1, 0.15) is 23.2 Å². The first-order valence-corrected chi connectivity index (χ1v) is 5.55. The van der Waals surface area contributed by atoms with Gasteiger partial charge in [0, 0.05) is 18.5 Å². The van der Waals surface area contributed by atoms with E-state index in [1.807, 2.05) is 6.07 Å². The topological polar surface area (TPSA) is 72.5 Å². The summed E-state index contributed by atoms with van der Waals surface area (Å²) in [6, 6.07) is 8.71. The number of ether oxygens (including phenoxy) is 1. The van der Waals surface area contributed by atoms with Gasteiger partial charge in [-0.15, -0.1) is 0 Å². The van der Waals surface area contributed by atoms with Gasteiger partial charge in [0.25, 0.3) is 5.91 Å². The van der Waals surface area contributed by atoms with Gasteiger partial charge in [-0.05, 0) is 12.1 Å². The first kappa shape index (κ1) is 13.9. The van der Waals surface area contributed by atoms with Crippen molar-refractivity contribution >= 4 is 17.7 Å². The van der Waals surface area contributed by atoms with Crippen molar-refractivity contribution in [2.24, 2.45) is 0 Å². The van der Waals surface area contributed by atoms with Gasteiger partial charge in [0.1, 0.15) is 12.2 Å². The number of benzene rings is 1. The highest BCUT2D eigenvalue weighted by Crippen LogP contribution is 1.98. The van der Waals surface area contributed by atoms with Gasteiger partial charge in [-0.3, -0.25) is 14.4 Å². The second-order valence-electron chi connectivity index (χ2n) is 3.66. The van der Waals surface area contributed by atoms with Gasteiger partial charge >= 0.3 is 5.97 Å². The zero-order valence-electron chi connectivity index (χ0n) is 10.1. The Morgan fingerprint density at radius 3 is 2.44 bits per heavy atom. The lowest BCUT2D eigenvalue weighted by Gasteiger charge is -2.04. The van der Waals surface area contributed by atoms with Crippen LogP contribution in [-0.4, -0.2) is 31.3 Å². The summed E-state index contributed by atoms with van der Waals surface area (Å²) < 4.78 is 4.37. The summed E-state index contributed by atoms with van der Waals surface area (Å²) in [7, 11) is 1.23. The lowest BCUT2D eigenvalue weighted by atomic mass is 10.2. The molecule has 0 unspecified atom stereocenters. The predicted octanol–water partition coefficient (Wildman–Crippen LogP) is 0.939. The van der Waals surface area contributed by atoms with E-state index in [0.29, 0.717) is 5.56 Å². The van der Waals surface area contributed by atoms with Crippen molar-refractivity contribution < 1.29 is 19.1 Å². The smallest absolute Gasteiger partial charge is 0.313 e. The van der Waals surface area contributed by atoms with Gasteiger partial charge < -0.3 is 10.1 Å². The van der Waals surface area contributed by atoms with Crippen molar-refractivity contribution in [3.05, 3.63) is 35.9 Å². The maximum absolute atomic E-state index is 11.6. The summed E-state index contributed by atoms with van der Waals surface area (Å²) in [5.41, 5.74) is 0.540. The molecule has 0 radical (unpaired) electrons. The maximum Gasteiger partial charge on any atom is 0.313 e. The molecular formula is C13H15NO4. The molecule has 0 aliphatic rings. The average molecular weight is 249 g/mol. The third kappa shape index (κ3) is 4.78. The molecule has 0 fully saturated rings. The van der Waals surface area contributed by atoms with E-state index >= 15 is 0 Å². The van der Waals surface area contributed by atoms with E-state index in [1.54, 1.807) is 24.3 Å². The van der Waals surface area contributed by atoms with Gasteiger partial charge in [-0.25, -0.2) is 0 Å². The molecule has 18 heavy (non-hydrogen) atoms. The molecule has 5 heteroatoms. The van der Waals surface area contributed by atoms with Gasteiger partial charge in [-0.1, -0.05) is 18.2 Å². The third-order valence-electron chi connectivity index (χ3n) is 2.29. The molecule has 0 bridgehead atoms. The van der Waals surface area contributed by atoms with Crippen LogP contribution in [0.15, 0.2) is 30.3 Å². The Labute approximate surface area is 105 Å². The van der Waals surface area contributed by atoms with Crippen molar-refractivity contribution in [2.75, 3.05) is 13.7 Å². The molecule has 1 rings (SSSR count). The number of carbonyl (C=O) groups is 3. The van der Waals surface area contributed by atoms with Crippen molar-refractivity contribution in [2.45, 2.75) is 12.8 Å². The molecule has 1 aromatic carbocycles. The highest BCUT2D eigenvalue weighted by molar-refractivity contribution is 5.96. The Kier molecular flexibility index (Phi) is 5.57. The molecule has 1 aromatic rings. The van der Waals surface area contributed by atoms with E-state index in [-0.39, 0.29) is 31.1 Å². The zero-order valence-corrected chi connectivity index (χ0v) is 10.1. The number of amides is 1. The average Bonchev–Trinajstić information content (AvgIpc) is 2.39. The Morgan fingerprint density at radius 2 is 1.83 bits per heavy atom. The largest absolute Gasteiger partial charge is 0.469 e. The zero-order chi connectivity index (χ0) is 13.4. The van der Waals surface area contributed by atoms with Crippen LogP contribution >= 0.6 is 0 Å². The highest BCUT2D eigenvalue weighted by atomic mass is 16.5. The van der Waals surface area contributed by atoms with Crippen molar-refractivity contribution in [1.82, 2.24) is 5.32 Å². The van der Waals surface area contributed by atoms with E-state index in [0.717, 1.165) is 0 Å². The van der Waals surface area contributed by atoms with Gasteiger partial charge in [-0.2, -0.15) is 0 Å². The van der Waals surface area contributed by atoms with Crippen LogP contribution in [0.3, 0.4) is 0 Å². The summed E-state index contributed by atoms with van der Waals surface area (Å²) in [4.78, 5) is 33.7. The summed E-state index contributed by atoms with van der Waals surface area (Å²) in [5.74, 6) is -1.05. The summed E-state index contributed by atoms with van der Waals surface area (Å²) >= 11 is 0. The monoisotopic (exact) mass is 249 g/mol. The van der Waals surface area contributed by atoms with Crippen LogP contribution in [0.25, 0.3) is 0 Å². The van der Waals surface area contributed by atoms with Crippen LogP contribution < -0.4 is 5.32 Å². The maximum atomic E-state index is 11.6. The second kappa shape index (κ2) is 7.21. The highest BCUT2D eigenvalue weighted by Gasteiger charge is 2.10. The standard InChI is InChI=1S/C13H15NO4/c1-18-12(16)9-11(15)7-8-14-13(17)10-5-3-2-4-6-10/h2-6H,7-9H2,1H3,(H,14,17). The van der Waals surface area contributed by atoms with Crippen LogP contribution in [0, 0.1) is 0 Å². The quantitative estimate of drug-likeness (QED) is 0.601. The van der Waals surface area contributed by atoms with Crippen LogP contribution in [0.5, 0.6) is 0 Å². The Hall–Kier alpha value is -2.17. The predicted molar refractivity (Wildman–Crippen MR) is 65.0 cm³/mol. The van der Waals surface area contributed by atoms with Crippen LogP contribution in [-0.2, 0) is 14.3 Å². The number of carbonyl (C=O) groups excluding carboxylic acids is 3. The fourth-order valence-electron chi connectivity index (χ4n) is 1.33. The molecule has 0 aromatic heterocycles. The minimum Gasteiger partial charge on any atom is -0.469 e. The molecule has 0 saturated heterocycles. The lowest BCUT2D eigenvalue weighted by molar-refractivity contribution is -0.143. The van der Waals surface area contributed by atoms with E-state index < -0.39 is 5.97 Å². The third-order valence-corrected chi connectivity index (χ3v) is 2.29. The first-order chi connectivity index (χ1) is 8.63. The first-order valence-electron chi connectivity index (χ1n) is 5.55. The minimum absolute atomic E-state index is 0.119. The number of Topliss-reactive ketones (excluding diaryl/α,β-unsaturated/α-hetero) is 1. The molecule has 0 atom stereocenters. The molecule has 0 aliphatic carbocycles. The molecule has 0 heterocycles. The van der Waals surface area contributed by atoms with Gasteiger partial charge in [0.15, 0.2) is 0 Å². The van der Waals surface area contributed by atoms with Gasteiger partial charge in [0.2, 0.25) is 0 Å². The van der Waals surface area contributed by atoms with Crippen molar-refractivity contribution in [1.29, 1.82) is 0 Å². The number of methoxy groups -OCH3 is 1. The summed E-state index contributed by atoms with van der Waals surface area (Å²) in [5, 5.41) is 2.61. The SMILES string of the molecule is COC(=O)CC(=O)CCNC(=O)c1ccccc1. The summed E-state index contributed by atoms with van der Waals surface area (Å²) in [6.07, 6.45) is -0.134. The molecule has 1 N–H and O–H groups in total. The fourth-order valence-corrected chi connectivity index (χ4v) is 1.33.